The predicted molar refractivity (Wildman–Crippen MR) is 62.2 cm³/mol. The van der Waals surface area contributed by atoms with Gasteiger partial charge in [0.2, 0.25) is 0 Å². The van der Waals surface area contributed by atoms with Gasteiger partial charge in [0, 0.05) is 6.04 Å². The summed E-state index contributed by atoms with van der Waals surface area (Å²) < 4.78 is 1.69. The predicted octanol–water partition coefficient (Wildman–Crippen LogP) is 1.27. The molecule has 1 aliphatic rings. The lowest BCUT2D eigenvalue weighted by molar-refractivity contribution is 0.272. The topological polar surface area (TPSA) is 76.7 Å². The van der Waals surface area contributed by atoms with Gasteiger partial charge < -0.3 is 5.73 Å². The fraction of sp³-hybridized carbons (Fsp3) is 0.818. The number of aromatic amines is 1. The Labute approximate surface area is 95.0 Å². The normalized spacial score (nSPS) is 20.2. The van der Waals surface area contributed by atoms with Crippen LogP contribution in [0.4, 0.5) is 0 Å². The monoisotopic (exact) mass is 224 g/mol. The highest BCUT2D eigenvalue weighted by atomic mass is 16.1. The molecule has 1 heterocycles. The van der Waals surface area contributed by atoms with E-state index in [1.54, 1.807) is 4.57 Å². The van der Waals surface area contributed by atoms with Gasteiger partial charge in [-0.2, -0.15) is 5.10 Å². The van der Waals surface area contributed by atoms with Gasteiger partial charge >= 0.3 is 5.69 Å². The molecule has 3 N–H and O–H groups in total. The van der Waals surface area contributed by atoms with Crippen molar-refractivity contribution in [1.29, 1.82) is 0 Å². The van der Waals surface area contributed by atoms with Crippen molar-refractivity contribution in [2.45, 2.75) is 57.5 Å². The van der Waals surface area contributed by atoms with Crippen LogP contribution in [0.25, 0.3) is 0 Å². The quantitative estimate of drug-likeness (QED) is 0.794. The van der Waals surface area contributed by atoms with E-state index in [9.17, 15) is 4.79 Å². The summed E-state index contributed by atoms with van der Waals surface area (Å²) in [6.45, 7) is 3.96. The van der Waals surface area contributed by atoms with Gasteiger partial charge in [0.25, 0.3) is 0 Å². The van der Waals surface area contributed by atoms with Crippen LogP contribution in [-0.4, -0.2) is 14.8 Å². The molecule has 0 atom stereocenters. The number of H-pyrrole nitrogens is 1. The lowest BCUT2D eigenvalue weighted by Gasteiger charge is -2.32. The second-order valence-electron chi connectivity index (χ2n) is 5.03. The molecule has 5 nitrogen and oxygen atoms in total. The number of hydrogen-bond acceptors (Lipinski definition) is 3. The molecule has 1 fully saturated rings. The summed E-state index contributed by atoms with van der Waals surface area (Å²) in [6.07, 6.45) is 5.31. The Kier molecular flexibility index (Phi) is 2.88. The Bertz CT molecular complexity index is 412. The van der Waals surface area contributed by atoms with Crippen molar-refractivity contribution in [3.63, 3.8) is 0 Å². The maximum absolute atomic E-state index is 11.7. The Balaban J connectivity index is 2.42. The van der Waals surface area contributed by atoms with Crippen LogP contribution < -0.4 is 11.4 Å². The lowest BCUT2D eigenvalue weighted by Crippen LogP contribution is -2.42. The van der Waals surface area contributed by atoms with E-state index in [4.69, 9.17) is 5.73 Å². The fourth-order valence-corrected chi connectivity index (χ4v) is 2.54. The van der Waals surface area contributed by atoms with Crippen molar-refractivity contribution in [2.24, 2.45) is 5.73 Å². The molecule has 0 aliphatic heterocycles. The molecule has 1 aromatic rings. The minimum Gasteiger partial charge on any atom is -0.319 e. The average Bonchev–Trinajstić information content (AvgIpc) is 2.62. The Morgan fingerprint density at radius 3 is 2.56 bits per heavy atom. The van der Waals surface area contributed by atoms with E-state index in [0.717, 1.165) is 31.5 Å². The van der Waals surface area contributed by atoms with E-state index in [0.29, 0.717) is 0 Å². The molecule has 1 aliphatic carbocycles. The number of rotatable bonds is 2. The molecule has 2 rings (SSSR count). The molecule has 1 saturated carbocycles. The van der Waals surface area contributed by atoms with Gasteiger partial charge in [-0.15, -0.1) is 0 Å². The molecule has 5 heteroatoms. The minimum absolute atomic E-state index is 0.101. The first-order valence-corrected chi connectivity index (χ1v) is 6.01. The smallest absolute Gasteiger partial charge is 0.319 e. The van der Waals surface area contributed by atoms with E-state index >= 15 is 0 Å². The number of nitrogens with zero attached hydrogens (tertiary/aromatic N) is 2. The lowest BCUT2D eigenvalue weighted by atomic mass is 9.82. The molecule has 0 radical (unpaired) electrons. The summed E-state index contributed by atoms with van der Waals surface area (Å²) >= 11 is 0. The van der Waals surface area contributed by atoms with Crippen LogP contribution in [0.1, 0.15) is 57.8 Å². The third-order valence-electron chi connectivity index (χ3n) is 3.41. The van der Waals surface area contributed by atoms with Crippen molar-refractivity contribution in [1.82, 2.24) is 14.8 Å². The molecule has 1 aromatic heterocycles. The third-order valence-corrected chi connectivity index (χ3v) is 3.41. The van der Waals surface area contributed by atoms with E-state index in [1.807, 2.05) is 13.8 Å². The highest BCUT2D eigenvalue weighted by Crippen LogP contribution is 2.33. The first kappa shape index (κ1) is 11.4. The van der Waals surface area contributed by atoms with Crippen molar-refractivity contribution in [3.05, 3.63) is 16.3 Å². The largest absolute Gasteiger partial charge is 0.343 e. The van der Waals surface area contributed by atoms with Crippen LogP contribution in [0.5, 0.6) is 0 Å². The summed E-state index contributed by atoms with van der Waals surface area (Å²) in [5.74, 6) is 0.729. The molecule has 0 saturated heterocycles. The Morgan fingerprint density at radius 1 is 1.38 bits per heavy atom. The van der Waals surface area contributed by atoms with E-state index in [1.165, 1.54) is 6.42 Å². The zero-order chi connectivity index (χ0) is 11.8. The Hall–Kier alpha value is -1.10. The van der Waals surface area contributed by atoms with E-state index in [2.05, 4.69) is 10.2 Å². The maximum Gasteiger partial charge on any atom is 0.343 e. The van der Waals surface area contributed by atoms with Gasteiger partial charge in [-0.25, -0.2) is 9.89 Å². The number of aromatic nitrogens is 3. The Morgan fingerprint density at radius 2 is 2.00 bits per heavy atom. The average molecular weight is 224 g/mol. The van der Waals surface area contributed by atoms with Crippen LogP contribution >= 0.6 is 0 Å². The molecule has 0 spiro atoms. The molecule has 90 valence electrons. The number of hydrogen-bond donors (Lipinski definition) is 2. The van der Waals surface area contributed by atoms with Gasteiger partial charge in [-0.3, -0.25) is 4.57 Å². The summed E-state index contributed by atoms with van der Waals surface area (Å²) in [5.41, 5.74) is 5.82. The third kappa shape index (κ3) is 1.80. The summed E-state index contributed by atoms with van der Waals surface area (Å²) in [5, 5.41) is 6.65. The van der Waals surface area contributed by atoms with Crippen molar-refractivity contribution < 1.29 is 0 Å². The van der Waals surface area contributed by atoms with Crippen molar-refractivity contribution in [2.75, 3.05) is 0 Å². The highest BCUT2D eigenvalue weighted by Gasteiger charge is 2.35. The van der Waals surface area contributed by atoms with Crippen molar-refractivity contribution >= 4 is 0 Å². The molecule has 0 amide bonds. The molecule has 16 heavy (non-hydrogen) atoms. The highest BCUT2D eigenvalue weighted by molar-refractivity contribution is 5.07. The van der Waals surface area contributed by atoms with Gasteiger partial charge in [-0.1, -0.05) is 19.3 Å². The molecule has 0 bridgehead atoms. The van der Waals surface area contributed by atoms with Crippen LogP contribution in [0.2, 0.25) is 0 Å². The SMILES string of the molecule is CC(C)n1c(C2(N)CCCCC2)n[nH]c1=O. The standard InChI is InChI=1S/C11H20N4O/c1-8(2)15-9(13-14-10(15)16)11(12)6-4-3-5-7-11/h8H,3-7,12H2,1-2H3,(H,14,16). The fourth-order valence-electron chi connectivity index (χ4n) is 2.54. The number of nitrogens with two attached hydrogens (primary N) is 1. The van der Waals surface area contributed by atoms with Crippen LogP contribution in [0.3, 0.4) is 0 Å². The van der Waals surface area contributed by atoms with Crippen molar-refractivity contribution in [3.8, 4) is 0 Å². The van der Waals surface area contributed by atoms with E-state index in [-0.39, 0.29) is 11.7 Å². The summed E-state index contributed by atoms with van der Waals surface area (Å²) in [7, 11) is 0. The molecule has 0 aromatic carbocycles. The number of nitrogens with one attached hydrogen (secondary N) is 1. The van der Waals surface area contributed by atoms with Gasteiger partial charge in [-0.05, 0) is 26.7 Å². The van der Waals surface area contributed by atoms with Crippen LogP contribution in [-0.2, 0) is 5.54 Å². The molecular weight excluding hydrogens is 204 g/mol. The summed E-state index contributed by atoms with van der Waals surface area (Å²) in [4.78, 5) is 11.7. The molecule has 0 unspecified atom stereocenters. The van der Waals surface area contributed by atoms with Gasteiger partial charge in [0.05, 0.1) is 5.54 Å². The summed E-state index contributed by atoms with van der Waals surface area (Å²) in [6, 6.07) is 0.101. The van der Waals surface area contributed by atoms with Gasteiger partial charge in [0.1, 0.15) is 0 Å². The van der Waals surface area contributed by atoms with Crippen LogP contribution in [0.15, 0.2) is 4.79 Å². The first-order valence-electron chi connectivity index (χ1n) is 6.01. The minimum atomic E-state index is -0.415. The zero-order valence-corrected chi connectivity index (χ0v) is 9.99. The second kappa shape index (κ2) is 4.05. The first-order chi connectivity index (χ1) is 7.54. The second-order valence-corrected chi connectivity index (χ2v) is 5.03. The van der Waals surface area contributed by atoms with Gasteiger partial charge in [0.15, 0.2) is 5.82 Å². The van der Waals surface area contributed by atoms with E-state index < -0.39 is 5.54 Å². The van der Waals surface area contributed by atoms with Crippen LogP contribution in [0, 0.1) is 0 Å². The molecular formula is C11H20N4O. The zero-order valence-electron chi connectivity index (χ0n) is 9.99. The maximum atomic E-state index is 11.7.